The molecule has 1 amide bonds. The summed E-state index contributed by atoms with van der Waals surface area (Å²) < 4.78 is 0. The number of nitrogens with one attached hydrogen (secondary N) is 2. The van der Waals surface area contributed by atoms with Crippen molar-refractivity contribution in [1.29, 1.82) is 0 Å². The van der Waals surface area contributed by atoms with Crippen LogP contribution in [0, 0.1) is 5.92 Å². The molecule has 110 valence electrons. The molecule has 0 aliphatic carbocycles. The van der Waals surface area contributed by atoms with Gasteiger partial charge in [0.25, 0.3) is 0 Å². The summed E-state index contributed by atoms with van der Waals surface area (Å²) in [6.07, 6.45) is 3.08. The molecule has 1 aromatic rings. The molecule has 20 heavy (non-hydrogen) atoms. The lowest BCUT2D eigenvalue weighted by Crippen LogP contribution is -2.51. The highest BCUT2D eigenvalue weighted by molar-refractivity contribution is 5.91. The fourth-order valence-corrected chi connectivity index (χ4v) is 2.28. The van der Waals surface area contributed by atoms with E-state index in [0.717, 1.165) is 19.4 Å². The van der Waals surface area contributed by atoms with Crippen LogP contribution in [-0.2, 0) is 16.1 Å². The Morgan fingerprint density at radius 2 is 2.30 bits per heavy atom. The first kappa shape index (κ1) is 14.6. The number of carbonyl (C=O) groups excluding carboxylic acids is 2. The van der Waals surface area contributed by atoms with Gasteiger partial charge in [-0.05, 0) is 30.5 Å². The molecule has 1 fully saturated rings. The second-order valence-electron chi connectivity index (χ2n) is 5.31. The Morgan fingerprint density at radius 1 is 1.50 bits per heavy atom. The molecule has 0 radical (unpaired) electrons. The zero-order chi connectivity index (χ0) is 14.5. The molecular formula is C12H20N6O2. The van der Waals surface area contributed by atoms with Crippen molar-refractivity contribution in [2.75, 3.05) is 6.54 Å². The van der Waals surface area contributed by atoms with Crippen LogP contribution in [0.4, 0.5) is 0 Å². The number of tetrazole rings is 1. The Morgan fingerprint density at radius 3 is 2.85 bits per heavy atom. The van der Waals surface area contributed by atoms with Crippen LogP contribution in [0.3, 0.4) is 0 Å². The molecule has 2 heterocycles. The monoisotopic (exact) mass is 280 g/mol. The SMILES string of the molecule is CC(C)C(NC(=O)[C@@H]1CCCN1)C(=O)Cn1ncnn1. The minimum absolute atomic E-state index is 0.0105. The van der Waals surface area contributed by atoms with E-state index >= 15 is 0 Å². The summed E-state index contributed by atoms with van der Waals surface area (Å²) in [6.45, 7) is 4.67. The molecule has 2 rings (SSSR count). The van der Waals surface area contributed by atoms with Crippen molar-refractivity contribution < 1.29 is 9.59 Å². The lowest BCUT2D eigenvalue weighted by Gasteiger charge is -2.22. The lowest BCUT2D eigenvalue weighted by atomic mass is 9.99. The predicted molar refractivity (Wildman–Crippen MR) is 70.6 cm³/mol. The van der Waals surface area contributed by atoms with E-state index in [0.29, 0.717) is 0 Å². The van der Waals surface area contributed by atoms with E-state index in [1.165, 1.54) is 11.1 Å². The minimum atomic E-state index is -0.532. The highest BCUT2D eigenvalue weighted by Gasteiger charge is 2.29. The molecule has 1 saturated heterocycles. The molecule has 2 N–H and O–H groups in total. The molecule has 1 aromatic heterocycles. The van der Waals surface area contributed by atoms with Crippen molar-refractivity contribution in [1.82, 2.24) is 30.8 Å². The van der Waals surface area contributed by atoms with Gasteiger partial charge >= 0.3 is 0 Å². The Hall–Kier alpha value is -1.83. The van der Waals surface area contributed by atoms with Crippen molar-refractivity contribution in [3.8, 4) is 0 Å². The molecule has 0 bridgehead atoms. The number of amides is 1. The second-order valence-corrected chi connectivity index (χ2v) is 5.31. The Kier molecular flexibility index (Phi) is 4.78. The number of nitrogens with zero attached hydrogens (tertiary/aromatic N) is 4. The fourth-order valence-electron chi connectivity index (χ4n) is 2.28. The zero-order valence-electron chi connectivity index (χ0n) is 11.7. The Balaban J connectivity index is 1.95. The van der Waals surface area contributed by atoms with Gasteiger partial charge in [-0.15, -0.1) is 10.2 Å². The van der Waals surface area contributed by atoms with Crippen LogP contribution < -0.4 is 10.6 Å². The zero-order valence-corrected chi connectivity index (χ0v) is 11.7. The molecule has 1 unspecified atom stereocenters. The fraction of sp³-hybridized carbons (Fsp3) is 0.750. The van der Waals surface area contributed by atoms with Gasteiger partial charge in [0.2, 0.25) is 5.91 Å². The van der Waals surface area contributed by atoms with Crippen LogP contribution in [0.2, 0.25) is 0 Å². The summed E-state index contributed by atoms with van der Waals surface area (Å²) in [5, 5.41) is 17.0. The van der Waals surface area contributed by atoms with Crippen LogP contribution in [0.1, 0.15) is 26.7 Å². The third kappa shape index (κ3) is 3.60. The van der Waals surface area contributed by atoms with E-state index < -0.39 is 6.04 Å². The number of Topliss-reactive ketones (excluding diaryl/α,β-unsaturated/α-hetero) is 1. The number of rotatable bonds is 6. The standard InChI is InChI=1S/C12H20N6O2/c1-8(2)11(10(19)6-18-15-7-14-17-18)16-12(20)9-4-3-5-13-9/h7-9,11,13H,3-6H2,1-2H3,(H,16,20)/t9-,11?/m0/s1. The van der Waals surface area contributed by atoms with E-state index in [-0.39, 0.29) is 30.2 Å². The molecule has 0 aromatic carbocycles. The van der Waals surface area contributed by atoms with Gasteiger partial charge in [-0.1, -0.05) is 13.8 Å². The Labute approximate surface area is 117 Å². The van der Waals surface area contributed by atoms with E-state index in [9.17, 15) is 9.59 Å². The highest BCUT2D eigenvalue weighted by atomic mass is 16.2. The van der Waals surface area contributed by atoms with Crippen molar-refractivity contribution >= 4 is 11.7 Å². The number of aromatic nitrogens is 4. The minimum Gasteiger partial charge on any atom is -0.345 e. The molecule has 8 heteroatoms. The molecule has 1 aliphatic heterocycles. The van der Waals surface area contributed by atoms with Crippen LogP contribution in [0.5, 0.6) is 0 Å². The summed E-state index contributed by atoms with van der Waals surface area (Å²) in [6, 6.07) is -0.718. The van der Waals surface area contributed by atoms with E-state index in [4.69, 9.17) is 0 Å². The topological polar surface area (TPSA) is 102 Å². The first-order valence-corrected chi connectivity index (χ1v) is 6.85. The third-order valence-electron chi connectivity index (χ3n) is 3.38. The van der Waals surface area contributed by atoms with E-state index in [2.05, 4.69) is 26.0 Å². The van der Waals surface area contributed by atoms with Gasteiger partial charge in [0, 0.05) is 0 Å². The van der Waals surface area contributed by atoms with Gasteiger partial charge in [-0.25, -0.2) is 0 Å². The van der Waals surface area contributed by atoms with Crippen LogP contribution >= 0.6 is 0 Å². The Bertz CT molecular complexity index is 453. The second kappa shape index (κ2) is 6.56. The normalized spacial score (nSPS) is 20.1. The van der Waals surface area contributed by atoms with Crippen molar-refractivity contribution in [3.05, 3.63) is 6.33 Å². The summed E-state index contributed by atoms with van der Waals surface area (Å²) in [7, 11) is 0. The average molecular weight is 280 g/mol. The van der Waals surface area contributed by atoms with E-state index in [1.807, 2.05) is 13.8 Å². The van der Waals surface area contributed by atoms with Crippen molar-refractivity contribution in [2.24, 2.45) is 5.92 Å². The maximum absolute atomic E-state index is 12.2. The summed E-state index contributed by atoms with van der Waals surface area (Å²) in [4.78, 5) is 25.5. The van der Waals surface area contributed by atoms with Gasteiger partial charge < -0.3 is 10.6 Å². The first-order chi connectivity index (χ1) is 9.58. The van der Waals surface area contributed by atoms with Gasteiger partial charge in [0.1, 0.15) is 6.54 Å². The largest absolute Gasteiger partial charge is 0.345 e. The number of hydrogen-bond acceptors (Lipinski definition) is 6. The number of hydrogen-bond donors (Lipinski definition) is 2. The molecule has 8 nitrogen and oxygen atoms in total. The molecule has 1 aliphatic rings. The molecule has 0 spiro atoms. The lowest BCUT2D eigenvalue weighted by molar-refractivity contribution is -0.130. The van der Waals surface area contributed by atoms with Gasteiger partial charge in [-0.3, -0.25) is 9.59 Å². The maximum Gasteiger partial charge on any atom is 0.237 e. The molecule has 0 saturated carbocycles. The summed E-state index contributed by atoms with van der Waals surface area (Å²) in [5.41, 5.74) is 0. The van der Waals surface area contributed by atoms with Gasteiger partial charge in [0.15, 0.2) is 12.1 Å². The maximum atomic E-state index is 12.2. The van der Waals surface area contributed by atoms with Gasteiger partial charge in [0.05, 0.1) is 12.1 Å². The smallest absolute Gasteiger partial charge is 0.237 e. The van der Waals surface area contributed by atoms with Crippen LogP contribution in [0.25, 0.3) is 0 Å². The predicted octanol–water partition coefficient (Wildman–Crippen LogP) is -0.865. The van der Waals surface area contributed by atoms with Crippen LogP contribution in [0.15, 0.2) is 6.33 Å². The van der Waals surface area contributed by atoms with Crippen molar-refractivity contribution in [2.45, 2.75) is 45.3 Å². The summed E-state index contributed by atoms with van der Waals surface area (Å²) in [5.74, 6) is -0.221. The highest BCUT2D eigenvalue weighted by Crippen LogP contribution is 2.08. The third-order valence-corrected chi connectivity index (χ3v) is 3.38. The summed E-state index contributed by atoms with van der Waals surface area (Å²) >= 11 is 0. The van der Waals surface area contributed by atoms with Crippen LogP contribution in [-0.4, -0.2) is 50.5 Å². The number of carbonyl (C=O) groups is 2. The number of ketones is 1. The molecule has 2 atom stereocenters. The van der Waals surface area contributed by atoms with Gasteiger partial charge in [-0.2, -0.15) is 4.80 Å². The van der Waals surface area contributed by atoms with Crippen molar-refractivity contribution in [3.63, 3.8) is 0 Å². The molecular weight excluding hydrogens is 260 g/mol. The quantitative estimate of drug-likeness (QED) is 0.702. The van der Waals surface area contributed by atoms with E-state index in [1.54, 1.807) is 0 Å². The first-order valence-electron chi connectivity index (χ1n) is 6.85. The average Bonchev–Trinajstić information content (AvgIpc) is 3.07.